The molecule has 3 N–H and O–H groups in total. The molecule has 0 aromatic heterocycles. The van der Waals surface area contributed by atoms with E-state index in [4.69, 9.17) is 0 Å². The number of aliphatic hydroxyl groups excluding tert-OH is 1. The van der Waals surface area contributed by atoms with Gasteiger partial charge in [0.2, 0.25) is 5.91 Å². The highest BCUT2D eigenvalue weighted by Gasteiger charge is 2.29. The maximum Gasteiger partial charge on any atom is 0.238 e. The molecule has 1 aromatic carbocycles. The van der Waals surface area contributed by atoms with Crippen LogP contribution < -0.4 is 10.6 Å². The van der Waals surface area contributed by atoms with Crippen molar-refractivity contribution in [1.82, 2.24) is 5.32 Å². The van der Waals surface area contributed by atoms with E-state index in [-0.39, 0.29) is 18.6 Å². The molecule has 0 bridgehead atoms. The van der Waals surface area contributed by atoms with Gasteiger partial charge < -0.3 is 15.7 Å². The fourth-order valence-electron chi connectivity index (χ4n) is 1.71. The maximum atomic E-state index is 11.5. The lowest BCUT2D eigenvalue weighted by Gasteiger charge is -2.10. The summed E-state index contributed by atoms with van der Waals surface area (Å²) in [6.45, 7) is 0.728. The number of hydrogen-bond acceptors (Lipinski definition) is 3. The third-order valence-corrected chi connectivity index (χ3v) is 2.86. The monoisotopic (exact) mass is 234 g/mol. The van der Waals surface area contributed by atoms with Crippen molar-refractivity contribution in [1.29, 1.82) is 0 Å². The molecule has 0 heterocycles. The first kappa shape index (κ1) is 12.1. The summed E-state index contributed by atoms with van der Waals surface area (Å²) < 4.78 is 0. The van der Waals surface area contributed by atoms with Gasteiger partial charge in [0.15, 0.2) is 0 Å². The largest absolute Gasteiger partial charge is 0.392 e. The Kier molecular flexibility index (Phi) is 4.12. The first-order valence-corrected chi connectivity index (χ1v) is 5.99. The molecule has 1 aliphatic carbocycles. The summed E-state index contributed by atoms with van der Waals surface area (Å²) in [6.07, 6.45) is 1.91. The number of benzene rings is 1. The number of carbonyl (C=O) groups excluding carboxylic acids is 1. The number of anilines is 1. The second kappa shape index (κ2) is 5.80. The molecule has 92 valence electrons. The molecular weight excluding hydrogens is 216 g/mol. The Morgan fingerprint density at radius 2 is 2.06 bits per heavy atom. The van der Waals surface area contributed by atoms with Crippen molar-refractivity contribution in [2.75, 3.05) is 18.4 Å². The molecule has 0 spiro atoms. The highest BCUT2D eigenvalue weighted by molar-refractivity contribution is 5.92. The van der Waals surface area contributed by atoms with Gasteiger partial charge in [-0.1, -0.05) is 18.2 Å². The molecule has 1 atom stereocenters. The van der Waals surface area contributed by atoms with Crippen molar-refractivity contribution in [2.45, 2.75) is 18.9 Å². The maximum absolute atomic E-state index is 11.5. The Morgan fingerprint density at radius 1 is 1.35 bits per heavy atom. The van der Waals surface area contributed by atoms with E-state index in [1.54, 1.807) is 0 Å². The Morgan fingerprint density at radius 3 is 2.71 bits per heavy atom. The minimum Gasteiger partial charge on any atom is -0.392 e. The van der Waals surface area contributed by atoms with Gasteiger partial charge in [0.25, 0.3) is 0 Å². The molecule has 0 aliphatic heterocycles. The van der Waals surface area contributed by atoms with Crippen LogP contribution >= 0.6 is 0 Å². The molecule has 1 fully saturated rings. The lowest BCUT2D eigenvalue weighted by Crippen LogP contribution is -2.34. The van der Waals surface area contributed by atoms with Crippen LogP contribution in [0.1, 0.15) is 12.8 Å². The molecule has 1 amide bonds. The Labute approximate surface area is 101 Å². The molecule has 1 saturated carbocycles. The Balaban J connectivity index is 1.64. The first-order valence-electron chi connectivity index (χ1n) is 5.99. The zero-order valence-corrected chi connectivity index (χ0v) is 9.73. The van der Waals surface area contributed by atoms with Gasteiger partial charge in [-0.15, -0.1) is 0 Å². The molecule has 17 heavy (non-hydrogen) atoms. The predicted octanol–water partition coefficient (Wildman–Crippen LogP) is 0.986. The van der Waals surface area contributed by atoms with E-state index in [2.05, 4.69) is 10.6 Å². The molecule has 0 saturated heterocycles. The van der Waals surface area contributed by atoms with Gasteiger partial charge in [-0.25, -0.2) is 0 Å². The summed E-state index contributed by atoms with van der Waals surface area (Å²) in [4.78, 5) is 11.5. The molecule has 4 nitrogen and oxygen atoms in total. The van der Waals surface area contributed by atoms with Crippen LogP contribution in [0.5, 0.6) is 0 Å². The molecule has 1 aliphatic rings. The van der Waals surface area contributed by atoms with Crippen LogP contribution in [0.2, 0.25) is 0 Å². The molecule has 2 rings (SSSR count). The van der Waals surface area contributed by atoms with Gasteiger partial charge >= 0.3 is 0 Å². The lowest BCUT2D eigenvalue weighted by molar-refractivity contribution is -0.115. The summed E-state index contributed by atoms with van der Waals surface area (Å²) in [6, 6.07) is 9.34. The number of hydrogen-bond donors (Lipinski definition) is 3. The smallest absolute Gasteiger partial charge is 0.238 e. The topological polar surface area (TPSA) is 61.4 Å². The fraction of sp³-hybridized carbons (Fsp3) is 0.462. The van der Waals surface area contributed by atoms with Crippen LogP contribution in [0.3, 0.4) is 0 Å². The normalized spacial score (nSPS) is 16.5. The number of nitrogens with one attached hydrogen (secondary N) is 2. The number of aliphatic hydroxyl groups is 1. The minimum atomic E-state index is -0.306. The van der Waals surface area contributed by atoms with Crippen molar-refractivity contribution < 1.29 is 9.90 Å². The predicted molar refractivity (Wildman–Crippen MR) is 66.7 cm³/mol. The van der Waals surface area contributed by atoms with Gasteiger partial charge in [0, 0.05) is 12.2 Å². The molecule has 4 heteroatoms. The first-order chi connectivity index (χ1) is 8.25. The van der Waals surface area contributed by atoms with E-state index in [9.17, 15) is 9.90 Å². The third-order valence-electron chi connectivity index (χ3n) is 2.86. The van der Waals surface area contributed by atoms with Gasteiger partial charge in [-0.05, 0) is 30.9 Å². The highest BCUT2D eigenvalue weighted by atomic mass is 16.3. The zero-order chi connectivity index (χ0) is 12.1. The molecule has 1 aromatic rings. The Hall–Kier alpha value is -1.39. The minimum absolute atomic E-state index is 0.0841. The standard InChI is InChI=1S/C13H18N2O2/c16-12(10-6-7-10)8-14-9-13(17)15-11-4-2-1-3-5-11/h1-5,10,12,14,16H,6-9H2,(H,15,17). The third kappa shape index (κ3) is 4.17. The van der Waals surface area contributed by atoms with E-state index in [1.165, 1.54) is 0 Å². The molecule has 0 radical (unpaired) electrons. The van der Waals surface area contributed by atoms with Gasteiger partial charge in [-0.2, -0.15) is 0 Å². The number of amides is 1. The van der Waals surface area contributed by atoms with E-state index in [0.29, 0.717) is 12.5 Å². The lowest BCUT2D eigenvalue weighted by atomic mass is 10.2. The zero-order valence-electron chi connectivity index (χ0n) is 9.73. The highest BCUT2D eigenvalue weighted by Crippen LogP contribution is 2.32. The van der Waals surface area contributed by atoms with Crippen LogP contribution in [-0.4, -0.2) is 30.2 Å². The second-order valence-corrected chi connectivity index (χ2v) is 4.45. The summed E-state index contributed by atoms with van der Waals surface area (Å²) in [5.74, 6) is 0.360. The van der Waals surface area contributed by atoms with Crippen LogP contribution in [-0.2, 0) is 4.79 Å². The van der Waals surface area contributed by atoms with E-state index < -0.39 is 0 Å². The Bertz CT molecular complexity index is 363. The summed E-state index contributed by atoms with van der Waals surface area (Å²) in [5.41, 5.74) is 0.794. The van der Waals surface area contributed by atoms with Crippen LogP contribution in [0, 0.1) is 5.92 Å². The second-order valence-electron chi connectivity index (χ2n) is 4.45. The van der Waals surface area contributed by atoms with Crippen molar-refractivity contribution in [3.05, 3.63) is 30.3 Å². The van der Waals surface area contributed by atoms with E-state index in [0.717, 1.165) is 18.5 Å². The number of rotatable bonds is 6. The van der Waals surface area contributed by atoms with E-state index in [1.807, 2.05) is 30.3 Å². The summed E-state index contributed by atoms with van der Waals surface area (Å²) in [7, 11) is 0. The van der Waals surface area contributed by atoms with E-state index >= 15 is 0 Å². The van der Waals surface area contributed by atoms with Crippen molar-refractivity contribution in [3.63, 3.8) is 0 Å². The van der Waals surface area contributed by atoms with Crippen LogP contribution in [0.4, 0.5) is 5.69 Å². The SMILES string of the molecule is O=C(CNCC(O)C1CC1)Nc1ccccc1. The van der Waals surface area contributed by atoms with Crippen molar-refractivity contribution >= 4 is 11.6 Å². The van der Waals surface area contributed by atoms with Crippen LogP contribution in [0.15, 0.2) is 30.3 Å². The summed E-state index contributed by atoms with van der Waals surface area (Å²) in [5, 5.41) is 15.3. The average Bonchev–Trinajstić information content (AvgIpc) is 3.14. The van der Waals surface area contributed by atoms with Crippen LogP contribution in [0.25, 0.3) is 0 Å². The molecular formula is C13H18N2O2. The van der Waals surface area contributed by atoms with Gasteiger partial charge in [0.1, 0.15) is 0 Å². The average molecular weight is 234 g/mol. The number of para-hydroxylation sites is 1. The van der Waals surface area contributed by atoms with Gasteiger partial charge in [-0.3, -0.25) is 4.79 Å². The quantitative estimate of drug-likeness (QED) is 0.687. The van der Waals surface area contributed by atoms with Gasteiger partial charge in [0.05, 0.1) is 12.6 Å². The fourth-order valence-corrected chi connectivity index (χ4v) is 1.71. The van der Waals surface area contributed by atoms with Crippen molar-refractivity contribution in [3.8, 4) is 0 Å². The number of carbonyl (C=O) groups is 1. The summed E-state index contributed by atoms with van der Waals surface area (Å²) >= 11 is 0. The molecule has 1 unspecified atom stereocenters. The van der Waals surface area contributed by atoms with Crippen molar-refractivity contribution in [2.24, 2.45) is 5.92 Å².